The average Bonchev–Trinajstić information content (AvgIpc) is 3.59. The lowest BCUT2D eigenvalue weighted by Crippen LogP contribution is -2.55. The summed E-state index contributed by atoms with van der Waals surface area (Å²) in [5.41, 5.74) is 3.37. The van der Waals surface area contributed by atoms with Gasteiger partial charge in [-0.05, 0) is 67.9 Å². The number of anilines is 2. The minimum absolute atomic E-state index is 0.0901. The zero-order chi connectivity index (χ0) is 23.7. The number of benzene rings is 2. The van der Waals surface area contributed by atoms with Crippen molar-refractivity contribution in [2.24, 2.45) is 0 Å². The number of carbonyl (C=O) groups excluding carboxylic acids is 2. The van der Waals surface area contributed by atoms with Crippen LogP contribution in [-0.2, 0) is 4.79 Å². The Morgan fingerprint density at radius 2 is 1.94 bits per heavy atom. The molecule has 0 radical (unpaired) electrons. The van der Waals surface area contributed by atoms with Crippen LogP contribution >= 0.6 is 12.2 Å². The van der Waals surface area contributed by atoms with Gasteiger partial charge in [0.15, 0.2) is 16.6 Å². The van der Waals surface area contributed by atoms with E-state index in [2.05, 4.69) is 11.4 Å². The third-order valence-corrected chi connectivity index (χ3v) is 7.61. The number of imide groups is 1. The minimum atomic E-state index is -0.585. The van der Waals surface area contributed by atoms with Crippen LogP contribution in [0, 0.1) is 25.2 Å². The third-order valence-electron chi connectivity index (χ3n) is 7.27. The first-order valence-electron chi connectivity index (χ1n) is 11.0. The van der Waals surface area contributed by atoms with Gasteiger partial charge in [-0.25, -0.2) is 9.69 Å². The van der Waals surface area contributed by atoms with Crippen molar-refractivity contribution in [2.45, 2.75) is 38.4 Å². The number of nitrogens with zero attached hydrogens (tertiary/aromatic N) is 4. The van der Waals surface area contributed by atoms with Gasteiger partial charge in [0.05, 0.1) is 29.4 Å². The molecule has 4 aliphatic heterocycles. The molecule has 9 nitrogen and oxygen atoms in total. The van der Waals surface area contributed by atoms with Crippen molar-refractivity contribution in [2.75, 3.05) is 23.6 Å². The molecule has 34 heavy (non-hydrogen) atoms. The summed E-state index contributed by atoms with van der Waals surface area (Å²) in [6.07, 6.45) is 0.699. The van der Waals surface area contributed by atoms with Crippen molar-refractivity contribution in [1.82, 2.24) is 9.80 Å². The summed E-state index contributed by atoms with van der Waals surface area (Å²) in [5.74, 6) is 1.10. The van der Waals surface area contributed by atoms with Crippen molar-refractivity contribution in [3.63, 3.8) is 0 Å². The Hall–Kier alpha value is -3.84. The van der Waals surface area contributed by atoms with Crippen LogP contribution in [0.4, 0.5) is 16.2 Å². The van der Waals surface area contributed by atoms with Gasteiger partial charge in [0.1, 0.15) is 6.04 Å². The number of carbonyl (C=O) groups is 2. The topological polar surface area (TPSA) is 98.1 Å². The zero-order valence-corrected chi connectivity index (χ0v) is 19.4. The van der Waals surface area contributed by atoms with Crippen molar-refractivity contribution in [1.29, 1.82) is 5.26 Å². The number of likely N-dealkylation sites (tertiary alicyclic amines) is 1. The van der Waals surface area contributed by atoms with Gasteiger partial charge in [0.25, 0.3) is 5.91 Å². The minimum Gasteiger partial charge on any atom is -0.454 e. The number of thiocarbonyl (C=S) groups is 1. The van der Waals surface area contributed by atoms with Crippen molar-refractivity contribution >= 4 is 40.6 Å². The molecule has 0 saturated carbocycles. The second kappa shape index (κ2) is 7.33. The van der Waals surface area contributed by atoms with Crippen LogP contribution in [0.5, 0.6) is 11.5 Å². The van der Waals surface area contributed by atoms with E-state index in [1.54, 1.807) is 17.0 Å². The van der Waals surface area contributed by atoms with E-state index in [1.165, 1.54) is 4.90 Å². The van der Waals surface area contributed by atoms with Gasteiger partial charge in [0, 0.05) is 18.3 Å². The van der Waals surface area contributed by atoms with Crippen LogP contribution in [-0.4, -0.2) is 58.3 Å². The number of hydrogen-bond acceptors (Lipinski definition) is 6. The molecule has 0 aliphatic carbocycles. The highest BCUT2D eigenvalue weighted by atomic mass is 32.1. The number of piperazine rings is 1. The zero-order valence-electron chi connectivity index (χ0n) is 18.6. The number of ether oxygens (including phenoxy) is 2. The first-order chi connectivity index (χ1) is 16.4. The molecule has 0 spiro atoms. The van der Waals surface area contributed by atoms with Gasteiger partial charge in [-0.15, -0.1) is 0 Å². The van der Waals surface area contributed by atoms with E-state index >= 15 is 0 Å². The van der Waals surface area contributed by atoms with E-state index in [1.807, 2.05) is 36.9 Å². The summed E-state index contributed by atoms with van der Waals surface area (Å²) in [7, 11) is 0. The molecule has 172 valence electrons. The third kappa shape index (κ3) is 2.80. The maximum absolute atomic E-state index is 13.5. The Labute approximate surface area is 201 Å². The van der Waals surface area contributed by atoms with Gasteiger partial charge in [-0.1, -0.05) is 0 Å². The standard InChI is InChI=1S/C24H21N5O4S/c1-12-13(2)17(5-3-14(12)9-25)29-22(30)21-18-8-16(28(21)24(29)31)10-27(18)23(34)26-15-4-6-19-20(7-15)33-11-32-19/h3-7,16,18,21H,8,10-11H2,1-2H3,(H,26,34)/t16?,18?,21-/m0/s1. The molecule has 3 atom stereocenters. The second-order valence-corrected chi connectivity index (χ2v) is 9.30. The maximum Gasteiger partial charge on any atom is 0.332 e. The van der Waals surface area contributed by atoms with E-state index in [0.29, 0.717) is 40.8 Å². The van der Waals surface area contributed by atoms with Crippen LogP contribution in [0.3, 0.4) is 0 Å². The quantitative estimate of drug-likeness (QED) is 0.523. The molecule has 2 unspecified atom stereocenters. The fourth-order valence-electron chi connectivity index (χ4n) is 5.45. The van der Waals surface area contributed by atoms with E-state index in [4.69, 9.17) is 21.7 Å². The number of amides is 3. The number of rotatable bonds is 2. The van der Waals surface area contributed by atoms with E-state index in [0.717, 1.165) is 16.8 Å². The summed E-state index contributed by atoms with van der Waals surface area (Å²) >= 11 is 5.69. The van der Waals surface area contributed by atoms with Gasteiger partial charge < -0.3 is 24.6 Å². The molecule has 1 N–H and O–H groups in total. The number of fused-ring (bicyclic) bond motifs is 6. The number of urea groups is 1. The Morgan fingerprint density at radius 1 is 1.15 bits per heavy atom. The second-order valence-electron chi connectivity index (χ2n) is 8.91. The number of hydrogen-bond donors (Lipinski definition) is 1. The lowest BCUT2D eigenvalue weighted by Gasteiger charge is -2.36. The molecular formula is C24H21N5O4S. The Balaban J connectivity index is 1.25. The van der Waals surface area contributed by atoms with Crippen molar-refractivity contribution in [3.8, 4) is 17.6 Å². The normalized spacial score (nSPS) is 24.0. The van der Waals surface area contributed by atoms with Crippen LogP contribution in [0.25, 0.3) is 0 Å². The molecule has 2 aromatic rings. The fraction of sp³-hybridized carbons (Fsp3) is 0.333. The Kier molecular flexibility index (Phi) is 4.47. The predicted molar refractivity (Wildman–Crippen MR) is 127 cm³/mol. The SMILES string of the molecule is Cc1c(C#N)ccc(N2C(=O)[C@@H]3C4CC(CN4C(=S)Nc4ccc5c(c4)OCO5)N3C2=O)c1C. The largest absolute Gasteiger partial charge is 0.454 e. The number of nitriles is 1. The summed E-state index contributed by atoms with van der Waals surface area (Å²) in [4.78, 5) is 31.9. The number of nitrogens with one attached hydrogen (secondary N) is 1. The summed E-state index contributed by atoms with van der Waals surface area (Å²) < 4.78 is 10.8. The lowest BCUT2D eigenvalue weighted by molar-refractivity contribution is -0.120. The summed E-state index contributed by atoms with van der Waals surface area (Å²) in [5, 5.41) is 13.1. The van der Waals surface area contributed by atoms with Gasteiger partial charge in [0.2, 0.25) is 6.79 Å². The van der Waals surface area contributed by atoms with Crippen LogP contribution in [0.2, 0.25) is 0 Å². The first kappa shape index (κ1) is 20.7. The molecule has 2 aromatic carbocycles. The summed E-state index contributed by atoms with van der Waals surface area (Å²) in [6, 6.07) is 9.84. The van der Waals surface area contributed by atoms with E-state index in [-0.39, 0.29) is 30.8 Å². The molecule has 3 amide bonds. The lowest BCUT2D eigenvalue weighted by atomic mass is 10.0. The first-order valence-corrected chi connectivity index (χ1v) is 11.4. The van der Waals surface area contributed by atoms with Crippen LogP contribution in [0.1, 0.15) is 23.1 Å². The monoisotopic (exact) mass is 475 g/mol. The van der Waals surface area contributed by atoms with Gasteiger partial charge >= 0.3 is 6.03 Å². The van der Waals surface area contributed by atoms with E-state index in [9.17, 15) is 14.9 Å². The Morgan fingerprint density at radius 3 is 2.74 bits per heavy atom. The molecule has 4 aliphatic rings. The van der Waals surface area contributed by atoms with Gasteiger partial charge in [-0.2, -0.15) is 5.26 Å². The smallest absolute Gasteiger partial charge is 0.332 e. The highest BCUT2D eigenvalue weighted by Crippen LogP contribution is 2.43. The highest BCUT2D eigenvalue weighted by Gasteiger charge is 2.62. The molecule has 10 heteroatoms. The molecule has 3 saturated heterocycles. The highest BCUT2D eigenvalue weighted by molar-refractivity contribution is 7.80. The molecule has 3 fully saturated rings. The maximum atomic E-state index is 13.5. The Bertz CT molecular complexity index is 1320. The molecule has 2 bridgehead atoms. The summed E-state index contributed by atoms with van der Waals surface area (Å²) in [6.45, 7) is 4.42. The van der Waals surface area contributed by atoms with Crippen LogP contribution < -0.4 is 19.7 Å². The fourth-order valence-corrected chi connectivity index (χ4v) is 5.78. The molecule has 6 rings (SSSR count). The van der Waals surface area contributed by atoms with Crippen molar-refractivity contribution < 1.29 is 19.1 Å². The van der Waals surface area contributed by atoms with Crippen LogP contribution in [0.15, 0.2) is 30.3 Å². The van der Waals surface area contributed by atoms with E-state index < -0.39 is 6.04 Å². The predicted octanol–water partition coefficient (Wildman–Crippen LogP) is 2.89. The molecule has 4 heterocycles. The molecular weight excluding hydrogens is 454 g/mol. The van der Waals surface area contributed by atoms with Crippen molar-refractivity contribution in [3.05, 3.63) is 47.0 Å². The average molecular weight is 476 g/mol. The van der Waals surface area contributed by atoms with Gasteiger partial charge in [-0.3, -0.25) is 4.79 Å². The molecule has 0 aromatic heterocycles.